The smallest absolute Gasteiger partial charge is 0.321 e. The van der Waals surface area contributed by atoms with Gasteiger partial charge in [-0.15, -0.1) is 0 Å². The molecule has 1 aromatic rings. The van der Waals surface area contributed by atoms with E-state index in [1.807, 2.05) is 0 Å². The van der Waals surface area contributed by atoms with Crippen molar-refractivity contribution in [2.75, 3.05) is 13.2 Å². The van der Waals surface area contributed by atoms with Crippen LogP contribution < -0.4 is 4.74 Å². The lowest BCUT2D eigenvalue weighted by molar-refractivity contribution is -0.385. The highest BCUT2D eigenvalue weighted by Crippen LogP contribution is 2.48. The number of Topliss-reactive ketones (excluding diaryl/α,β-unsaturated/α-hetero) is 1. The summed E-state index contributed by atoms with van der Waals surface area (Å²) in [6, 6.07) is 3.92. The van der Waals surface area contributed by atoms with Crippen LogP contribution in [0, 0.1) is 16.0 Å². The third-order valence-corrected chi connectivity index (χ3v) is 4.91. The zero-order valence-electron chi connectivity index (χ0n) is 16.1. The maximum absolute atomic E-state index is 12.8. The number of nitro groups is 1. The molecule has 0 radical (unpaired) electrons. The van der Waals surface area contributed by atoms with Crippen LogP contribution in [-0.4, -0.2) is 35.9 Å². The Morgan fingerprint density at radius 2 is 1.86 bits per heavy atom. The van der Waals surface area contributed by atoms with Crippen molar-refractivity contribution in [1.29, 1.82) is 0 Å². The number of benzene rings is 1. The van der Waals surface area contributed by atoms with Crippen molar-refractivity contribution in [3.05, 3.63) is 45.2 Å². The van der Waals surface area contributed by atoms with Crippen molar-refractivity contribution in [3.63, 3.8) is 0 Å². The molecule has 0 N–H and O–H groups in total. The van der Waals surface area contributed by atoms with Crippen LogP contribution in [0.3, 0.4) is 0 Å². The Hall–Kier alpha value is -3.23. The summed E-state index contributed by atoms with van der Waals surface area (Å²) in [6.45, 7) is 3.25. The number of carbonyl (C=O) groups is 3. The first kappa shape index (κ1) is 20.5. The molecule has 1 heterocycles. The molecule has 1 aliphatic carbocycles. The molecule has 0 fully saturated rings. The maximum Gasteiger partial charge on any atom is 0.321 e. The summed E-state index contributed by atoms with van der Waals surface area (Å²) >= 11 is 0. The standard InChI is InChI=1S/C20H21NO8/c1-3-27-19(23)18(20(24)28-4-2)16-12-10-11(21(25)26)8-9-14(12)29-15-7-5-6-13(22)17(15)16/h8-10,16,18H,3-7H2,1-2H3. The summed E-state index contributed by atoms with van der Waals surface area (Å²) in [6.07, 6.45) is 1.28. The second-order valence-corrected chi connectivity index (χ2v) is 6.65. The van der Waals surface area contributed by atoms with E-state index in [9.17, 15) is 24.5 Å². The normalized spacial score (nSPS) is 17.9. The largest absolute Gasteiger partial charge is 0.465 e. The van der Waals surface area contributed by atoms with Crippen LogP contribution in [-0.2, 0) is 23.9 Å². The maximum atomic E-state index is 12.8. The van der Waals surface area contributed by atoms with E-state index in [1.165, 1.54) is 18.2 Å². The Kier molecular flexibility index (Phi) is 5.95. The number of allylic oxidation sites excluding steroid dienone is 2. The Morgan fingerprint density at radius 3 is 2.45 bits per heavy atom. The summed E-state index contributed by atoms with van der Waals surface area (Å²) in [5, 5.41) is 11.3. The topological polar surface area (TPSA) is 122 Å². The number of fused-ring (bicyclic) bond motifs is 1. The SMILES string of the molecule is CCOC(=O)C(C(=O)OCC)C1C2=C(CCCC2=O)Oc2ccc([N+](=O)[O-])cc21. The Bertz CT molecular complexity index is 886. The van der Waals surface area contributed by atoms with Gasteiger partial charge in [0.1, 0.15) is 11.5 Å². The van der Waals surface area contributed by atoms with Gasteiger partial charge in [0.2, 0.25) is 0 Å². The van der Waals surface area contributed by atoms with Crippen molar-refractivity contribution in [1.82, 2.24) is 0 Å². The van der Waals surface area contributed by atoms with Gasteiger partial charge in [-0.3, -0.25) is 24.5 Å². The number of esters is 2. The zero-order chi connectivity index (χ0) is 21.1. The first-order chi connectivity index (χ1) is 13.9. The number of hydrogen-bond donors (Lipinski definition) is 0. The quantitative estimate of drug-likeness (QED) is 0.308. The number of carbonyl (C=O) groups excluding carboxylic acids is 3. The average Bonchev–Trinajstić information content (AvgIpc) is 2.68. The van der Waals surface area contributed by atoms with Crippen LogP contribution in [0.4, 0.5) is 5.69 Å². The van der Waals surface area contributed by atoms with Gasteiger partial charge >= 0.3 is 11.9 Å². The molecular weight excluding hydrogens is 382 g/mol. The van der Waals surface area contributed by atoms with E-state index in [1.54, 1.807) is 13.8 Å². The lowest BCUT2D eigenvalue weighted by Gasteiger charge is -2.34. The molecule has 29 heavy (non-hydrogen) atoms. The number of non-ortho nitro benzene ring substituents is 1. The number of ether oxygens (including phenoxy) is 3. The van der Waals surface area contributed by atoms with Gasteiger partial charge < -0.3 is 14.2 Å². The summed E-state index contributed by atoms with van der Waals surface area (Å²) in [5.41, 5.74) is 0.172. The van der Waals surface area contributed by atoms with E-state index in [0.717, 1.165) is 0 Å². The van der Waals surface area contributed by atoms with Crippen LogP contribution in [0.2, 0.25) is 0 Å². The fourth-order valence-corrected chi connectivity index (χ4v) is 3.74. The van der Waals surface area contributed by atoms with E-state index < -0.39 is 28.7 Å². The second-order valence-electron chi connectivity index (χ2n) is 6.65. The molecule has 2 aliphatic rings. The highest BCUT2D eigenvalue weighted by molar-refractivity contribution is 6.04. The fourth-order valence-electron chi connectivity index (χ4n) is 3.74. The van der Waals surface area contributed by atoms with Crippen molar-refractivity contribution >= 4 is 23.4 Å². The molecule has 1 atom stereocenters. The van der Waals surface area contributed by atoms with Gasteiger partial charge in [0.15, 0.2) is 11.7 Å². The molecule has 0 amide bonds. The molecule has 154 valence electrons. The van der Waals surface area contributed by atoms with Crippen LogP contribution >= 0.6 is 0 Å². The molecule has 0 saturated heterocycles. The highest BCUT2D eigenvalue weighted by atomic mass is 16.6. The van der Waals surface area contributed by atoms with Crippen molar-refractivity contribution in [3.8, 4) is 5.75 Å². The number of nitro benzene ring substituents is 1. The minimum atomic E-state index is -1.47. The molecule has 1 aliphatic heterocycles. The fraction of sp³-hybridized carbons (Fsp3) is 0.450. The first-order valence-electron chi connectivity index (χ1n) is 9.44. The zero-order valence-corrected chi connectivity index (χ0v) is 16.1. The molecule has 1 aromatic carbocycles. The second kappa shape index (κ2) is 8.42. The first-order valence-corrected chi connectivity index (χ1v) is 9.44. The van der Waals surface area contributed by atoms with Gasteiger partial charge in [-0.05, 0) is 26.3 Å². The number of rotatable bonds is 6. The molecule has 9 nitrogen and oxygen atoms in total. The summed E-state index contributed by atoms with van der Waals surface area (Å²) in [7, 11) is 0. The molecule has 3 rings (SSSR count). The van der Waals surface area contributed by atoms with Gasteiger partial charge in [0.05, 0.1) is 18.1 Å². The van der Waals surface area contributed by atoms with E-state index in [2.05, 4.69) is 0 Å². The third-order valence-electron chi connectivity index (χ3n) is 4.91. The van der Waals surface area contributed by atoms with Crippen molar-refractivity contribution in [2.45, 2.75) is 39.0 Å². The molecular formula is C20H21NO8. The Morgan fingerprint density at radius 1 is 1.21 bits per heavy atom. The van der Waals surface area contributed by atoms with Crippen LogP contribution in [0.25, 0.3) is 0 Å². The minimum Gasteiger partial charge on any atom is -0.465 e. The summed E-state index contributed by atoms with van der Waals surface area (Å²) in [4.78, 5) is 48.9. The van der Waals surface area contributed by atoms with Gasteiger partial charge in [0.25, 0.3) is 5.69 Å². The van der Waals surface area contributed by atoms with Crippen LogP contribution in [0.15, 0.2) is 29.5 Å². The molecule has 9 heteroatoms. The predicted molar refractivity (Wildman–Crippen MR) is 99.1 cm³/mol. The number of ketones is 1. The van der Waals surface area contributed by atoms with Crippen LogP contribution in [0.1, 0.15) is 44.6 Å². The van der Waals surface area contributed by atoms with E-state index in [0.29, 0.717) is 18.6 Å². The summed E-state index contributed by atoms with van der Waals surface area (Å²) in [5.74, 6) is -3.84. The van der Waals surface area contributed by atoms with Gasteiger partial charge in [-0.1, -0.05) is 0 Å². The molecule has 1 unspecified atom stereocenters. The lowest BCUT2D eigenvalue weighted by Crippen LogP contribution is -2.38. The molecule has 0 bridgehead atoms. The molecule has 0 aromatic heterocycles. The van der Waals surface area contributed by atoms with Gasteiger partial charge in [-0.25, -0.2) is 0 Å². The minimum absolute atomic E-state index is 0.0274. The lowest BCUT2D eigenvalue weighted by atomic mass is 9.73. The van der Waals surface area contributed by atoms with Crippen molar-refractivity contribution in [2.24, 2.45) is 5.92 Å². The number of nitrogens with zero attached hydrogens (tertiary/aromatic N) is 1. The van der Waals surface area contributed by atoms with E-state index in [4.69, 9.17) is 14.2 Å². The van der Waals surface area contributed by atoms with E-state index >= 15 is 0 Å². The molecule has 0 saturated carbocycles. The molecule has 0 spiro atoms. The van der Waals surface area contributed by atoms with Crippen LogP contribution in [0.5, 0.6) is 5.75 Å². The highest BCUT2D eigenvalue weighted by Gasteiger charge is 2.47. The number of hydrogen-bond acceptors (Lipinski definition) is 8. The van der Waals surface area contributed by atoms with Crippen molar-refractivity contribution < 1.29 is 33.5 Å². The average molecular weight is 403 g/mol. The van der Waals surface area contributed by atoms with Gasteiger partial charge in [-0.2, -0.15) is 0 Å². The third kappa shape index (κ3) is 3.85. The Labute approximate surface area is 166 Å². The van der Waals surface area contributed by atoms with Gasteiger partial charge in [0, 0.05) is 42.0 Å². The summed E-state index contributed by atoms with van der Waals surface area (Å²) < 4.78 is 16.0. The Balaban J connectivity index is 2.22. The van der Waals surface area contributed by atoms with E-state index in [-0.39, 0.29) is 48.0 Å². The monoisotopic (exact) mass is 403 g/mol. The predicted octanol–water partition coefficient (Wildman–Crippen LogP) is 2.82.